The molecule has 0 bridgehead atoms. The number of nitrogens with zero attached hydrogens (tertiary/aromatic N) is 1. The second-order valence-electron chi connectivity index (χ2n) is 4.72. The summed E-state index contributed by atoms with van der Waals surface area (Å²) in [5, 5.41) is 3.99. The predicted molar refractivity (Wildman–Crippen MR) is 90.8 cm³/mol. The zero-order valence-electron chi connectivity index (χ0n) is 12.8. The second-order valence-corrected chi connectivity index (χ2v) is 5.57. The van der Waals surface area contributed by atoms with Crippen LogP contribution in [0.15, 0.2) is 46.0 Å². The molecule has 0 N–H and O–H groups in total. The van der Waals surface area contributed by atoms with Crippen molar-refractivity contribution in [1.82, 2.24) is 0 Å². The van der Waals surface area contributed by atoms with Crippen molar-refractivity contribution < 1.29 is 14.3 Å². The van der Waals surface area contributed by atoms with E-state index < -0.39 is 0 Å². The minimum Gasteiger partial charge on any atom is -0.493 e. The van der Waals surface area contributed by atoms with Crippen molar-refractivity contribution in [3.05, 3.63) is 57.6 Å². The Morgan fingerprint density at radius 1 is 1.05 bits per heavy atom. The molecule has 0 unspecified atom stereocenters. The van der Waals surface area contributed by atoms with Gasteiger partial charge in [-0.2, -0.15) is 0 Å². The Balaban J connectivity index is 2.00. The lowest BCUT2D eigenvalue weighted by Gasteiger charge is -2.11. The van der Waals surface area contributed by atoms with Gasteiger partial charge in [-0.25, -0.2) is 0 Å². The highest BCUT2D eigenvalue weighted by molar-refractivity contribution is 9.10. The molecule has 2 rings (SSSR count). The van der Waals surface area contributed by atoms with E-state index in [4.69, 9.17) is 14.3 Å². The van der Waals surface area contributed by atoms with Crippen LogP contribution < -0.4 is 9.47 Å². The number of methoxy groups -OCH3 is 2. The van der Waals surface area contributed by atoms with Gasteiger partial charge in [0.25, 0.3) is 0 Å². The van der Waals surface area contributed by atoms with Crippen molar-refractivity contribution in [3.63, 3.8) is 0 Å². The van der Waals surface area contributed by atoms with Crippen molar-refractivity contribution in [3.8, 4) is 11.5 Å². The van der Waals surface area contributed by atoms with E-state index >= 15 is 0 Å². The van der Waals surface area contributed by atoms with Gasteiger partial charge in [-0.05, 0) is 24.6 Å². The smallest absolute Gasteiger partial charge is 0.161 e. The van der Waals surface area contributed by atoms with Crippen LogP contribution in [0.5, 0.6) is 11.5 Å². The summed E-state index contributed by atoms with van der Waals surface area (Å²) in [5.41, 5.74) is 3.14. The first-order valence-electron chi connectivity index (χ1n) is 6.76. The summed E-state index contributed by atoms with van der Waals surface area (Å²) < 4.78 is 11.4. The molecule has 0 spiro atoms. The number of benzene rings is 2. The normalized spacial score (nSPS) is 10.7. The highest BCUT2D eigenvalue weighted by atomic mass is 79.9. The Morgan fingerprint density at radius 3 is 2.32 bits per heavy atom. The summed E-state index contributed by atoms with van der Waals surface area (Å²) in [6, 6.07) is 11.8. The molecule has 2 aromatic rings. The maximum atomic E-state index is 5.35. The van der Waals surface area contributed by atoms with Crippen molar-refractivity contribution in [1.29, 1.82) is 0 Å². The quantitative estimate of drug-likeness (QED) is 0.566. The Kier molecular flexibility index (Phi) is 5.83. The van der Waals surface area contributed by atoms with Crippen LogP contribution in [-0.2, 0) is 11.4 Å². The van der Waals surface area contributed by atoms with Gasteiger partial charge in [0.05, 0.1) is 20.4 Å². The monoisotopic (exact) mass is 363 g/mol. The standard InChI is InChI=1S/C17H18BrNO3/c1-12-4-6-13(7-5-12)10-19-22-11-14-8-16(20-2)17(21-3)9-15(14)18/h4-10H,11H2,1-3H3/b19-10-. The van der Waals surface area contributed by atoms with Crippen LogP contribution in [-0.4, -0.2) is 20.4 Å². The molecule has 0 heterocycles. The highest BCUT2D eigenvalue weighted by Gasteiger charge is 2.09. The van der Waals surface area contributed by atoms with Gasteiger partial charge in [-0.15, -0.1) is 0 Å². The number of aryl methyl sites for hydroxylation is 1. The average molecular weight is 364 g/mol. The minimum absolute atomic E-state index is 0.337. The van der Waals surface area contributed by atoms with E-state index in [1.165, 1.54) is 5.56 Å². The third-order valence-corrected chi connectivity index (χ3v) is 3.86. The van der Waals surface area contributed by atoms with E-state index in [1.54, 1.807) is 20.4 Å². The fourth-order valence-electron chi connectivity index (χ4n) is 1.86. The first-order valence-corrected chi connectivity index (χ1v) is 7.55. The molecule has 0 aliphatic heterocycles. The summed E-state index contributed by atoms with van der Waals surface area (Å²) in [4.78, 5) is 5.35. The number of hydrogen-bond donors (Lipinski definition) is 0. The Bertz CT molecular complexity index is 654. The third-order valence-electron chi connectivity index (χ3n) is 3.13. The van der Waals surface area contributed by atoms with Crippen LogP contribution in [0.25, 0.3) is 0 Å². The molecule has 0 radical (unpaired) electrons. The van der Waals surface area contributed by atoms with Gasteiger partial charge >= 0.3 is 0 Å². The van der Waals surface area contributed by atoms with Crippen molar-refractivity contribution in [2.45, 2.75) is 13.5 Å². The lowest BCUT2D eigenvalue weighted by molar-refractivity contribution is 0.131. The van der Waals surface area contributed by atoms with Crippen molar-refractivity contribution in [2.24, 2.45) is 5.16 Å². The molecular weight excluding hydrogens is 346 g/mol. The molecule has 0 atom stereocenters. The van der Waals surface area contributed by atoms with Crippen LogP contribution in [0, 0.1) is 6.92 Å². The first kappa shape index (κ1) is 16.4. The minimum atomic E-state index is 0.337. The summed E-state index contributed by atoms with van der Waals surface area (Å²) in [5.74, 6) is 1.33. The molecule has 0 fully saturated rings. The lowest BCUT2D eigenvalue weighted by atomic mass is 10.2. The number of hydrogen-bond acceptors (Lipinski definition) is 4. The Labute approximate surface area is 138 Å². The van der Waals surface area contributed by atoms with E-state index in [1.807, 2.05) is 43.3 Å². The van der Waals surface area contributed by atoms with Gasteiger partial charge < -0.3 is 14.3 Å². The van der Waals surface area contributed by atoms with Crippen LogP contribution in [0.3, 0.4) is 0 Å². The summed E-state index contributed by atoms with van der Waals surface area (Å²) in [6.07, 6.45) is 1.69. The van der Waals surface area contributed by atoms with Crippen LogP contribution >= 0.6 is 15.9 Å². The molecule has 0 saturated carbocycles. The van der Waals surface area contributed by atoms with E-state index in [0.29, 0.717) is 18.1 Å². The second kappa shape index (κ2) is 7.84. The zero-order valence-corrected chi connectivity index (χ0v) is 14.4. The van der Waals surface area contributed by atoms with Gasteiger partial charge in [0, 0.05) is 10.0 Å². The molecule has 5 heteroatoms. The molecule has 0 aliphatic carbocycles. The summed E-state index contributed by atoms with van der Waals surface area (Å²) >= 11 is 3.49. The molecule has 2 aromatic carbocycles. The molecule has 4 nitrogen and oxygen atoms in total. The average Bonchev–Trinajstić information content (AvgIpc) is 2.54. The maximum absolute atomic E-state index is 5.35. The van der Waals surface area contributed by atoms with Gasteiger partial charge in [-0.1, -0.05) is 50.9 Å². The Hall–Kier alpha value is -2.01. The van der Waals surface area contributed by atoms with Gasteiger partial charge in [0.1, 0.15) is 6.61 Å². The predicted octanol–water partition coefficient (Wildman–Crippen LogP) is 4.33. The van der Waals surface area contributed by atoms with E-state index in [9.17, 15) is 0 Å². The molecule has 0 aliphatic rings. The molecule has 0 aromatic heterocycles. The van der Waals surface area contributed by atoms with Gasteiger partial charge in [0.15, 0.2) is 11.5 Å². The first-order chi connectivity index (χ1) is 10.6. The van der Waals surface area contributed by atoms with E-state index in [-0.39, 0.29) is 0 Å². The molecule has 0 amide bonds. The number of rotatable bonds is 6. The number of oxime groups is 1. The van der Waals surface area contributed by atoms with Crippen LogP contribution in [0.1, 0.15) is 16.7 Å². The summed E-state index contributed by atoms with van der Waals surface area (Å²) in [7, 11) is 3.21. The summed E-state index contributed by atoms with van der Waals surface area (Å²) in [6.45, 7) is 2.38. The van der Waals surface area contributed by atoms with Crippen LogP contribution in [0.4, 0.5) is 0 Å². The SMILES string of the molecule is COc1cc(Br)c(CO/N=C\c2ccc(C)cc2)cc1OC. The molecule has 0 saturated heterocycles. The number of halogens is 1. The lowest BCUT2D eigenvalue weighted by Crippen LogP contribution is -1.95. The van der Waals surface area contributed by atoms with Crippen molar-refractivity contribution >= 4 is 22.1 Å². The topological polar surface area (TPSA) is 40.0 Å². The van der Waals surface area contributed by atoms with Gasteiger partial charge in [0.2, 0.25) is 0 Å². The fraction of sp³-hybridized carbons (Fsp3) is 0.235. The fourth-order valence-corrected chi connectivity index (χ4v) is 2.30. The van der Waals surface area contributed by atoms with E-state index in [0.717, 1.165) is 15.6 Å². The molecule has 22 heavy (non-hydrogen) atoms. The van der Waals surface area contributed by atoms with Crippen LogP contribution in [0.2, 0.25) is 0 Å². The van der Waals surface area contributed by atoms with Crippen molar-refractivity contribution in [2.75, 3.05) is 14.2 Å². The highest BCUT2D eigenvalue weighted by Crippen LogP contribution is 2.33. The van der Waals surface area contributed by atoms with E-state index in [2.05, 4.69) is 21.1 Å². The zero-order chi connectivity index (χ0) is 15.9. The third kappa shape index (κ3) is 4.24. The largest absolute Gasteiger partial charge is 0.493 e. The van der Waals surface area contributed by atoms with Gasteiger partial charge in [-0.3, -0.25) is 0 Å². The Morgan fingerprint density at radius 2 is 1.68 bits per heavy atom. The number of ether oxygens (including phenoxy) is 2. The maximum Gasteiger partial charge on any atom is 0.161 e. The molecule has 116 valence electrons. The molecular formula is C17H18BrNO3.